The van der Waals surface area contributed by atoms with Gasteiger partial charge in [-0.15, -0.1) is 0 Å². The average molecular weight is 388 g/mol. The van der Waals surface area contributed by atoms with Crippen molar-refractivity contribution in [3.8, 4) is 5.75 Å². The molecule has 2 aromatic rings. The lowest BCUT2D eigenvalue weighted by Crippen LogP contribution is -2.41. The zero-order valence-corrected chi connectivity index (χ0v) is 16.7. The Morgan fingerprint density at radius 2 is 1.89 bits per heavy atom. The maximum Gasteiger partial charge on any atom is 0.251 e. The summed E-state index contributed by atoms with van der Waals surface area (Å²) >= 11 is 0. The van der Waals surface area contributed by atoms with E-state index in [1.54, 1.807) is 25.1 Å². The van der Waals surface area contributed by atoms with Crippen molar-refractivity contribution in [1.82, 2.24) is 5.32 Å². The number of carbonyl (C=O) groups is 1. The number of para-hydroxylation sites is 1. The Kier molecular flexibility index (Phi) is 4.90. The second-order valence-electron chi connectivity index (χ2n) is 7.53. The molecule has 1 amide bonds. The Labute approximate surface area is 160 Å². The molecule has 1 atom stereocenters. The van der Waals surface area contributed by atoms with Crippen LogP contribution in [0.5, 0.6) is 5.75 Å². The molecular formula is C20H24N2O4S. The van der Waals surface area contributed by atoms with E-state index in [0.29, 0.717) is 17.7 Å². The Hall–Kier alpha value is -2.54. The first-order valence-corrected chi connectivity index (χ1v) is 10.6. The van der Waals surface area contributed by atoms with Crippen molar-refractivity contribution in [1.29, 1.82) is 0 Å². The molecule has 7 heteroatoms. The summed E-state index contributed by atoms with van der Waals surface area (Å²) in [7, 11) is -3.42. The number of nitrogens with one attached hydrogen (secondary N) is 2. The van der Waals surface area contributed by atoms with Crippen LogP contribution in [0.25, 0.3) is 0 Å². The lowest BCUT2D eigenvalue weighted by Gasteiger charge is -2.37. The highest BCUT2D eigenvalue weighted by atomic mass is 32.2. The smallest absolute Gasteiger partial charge is 0.251 e. The summed E-state index contributed by atoms with van der Waals surface area (Å²) in [5.41, 5.74) is 2.08. The van der Waals surface area contributed by atoms with Crippen LogP contribution in [0.2, 0.25) is 0 Å². The van der Waals surface area contributed by atoms with E-state index in [0.717, 1.165) is 23.1 Å². The predicted octanol–water partition coefficient (Wildman–Crippen LogP) is 3.40. The molecule has 0 saturated carbocycles. The summed E-state index contributed by atoms with van der Waals surface area (Å²) in [5, 5.41) is 3.06. The number of carbonyl (C=O) groups excluding carboxylic acids is 1. The van der Waals surface area contributed by atoms with E-state index in [2.05, 4.69) is 10.0 Å². The fourth-order valence-corrected chi connectivity index (χ4v) is 3.86. The number of sulfonamides is 1. The Bertz CT molecular complexity index is 983. The third kappa shape index (κ3) is 4.60. The second-order valence-corrected chi connectivity index (χ2v) is 9.28. The summed E-state index contributed by atoms with van der Waals surface area (Å²) in [4.78, 5) is 12.8. The van der Waals surface area contributed by atoms with Crippen LogP contribution in [-0.4, -0.2) is 26.2 Å². The van der Waals surface area contributed by atoms with Crippen LogP contribution in [0, 0.1) is 6.92 Å². The number of fused-ring (bicyclic) bond motifs is 1. The van der Waals surface area contributed by atoms with E-state index in [4.69, 9.17) is 4.74 Å². The minimum absolute atomic E-state index is 0.190. The molecule has 0 aliphatic carbocycles. The first-order valence-electron chi connectivity index (χ1n) is 8.71. The topological polar surface area (TPSA) is 84.5 Å². The Balaban J connectivity index is 1.87. The number of aryl methyl sites for hydroxylation is 1. The molecule has 0 radical (unpaired) electrons. The Morgan fingerprint density at radius 1 is 1.19 bits per heavy atom. The molecule has 1 heterocycles. The highest BCUT2D eigenvalue weighted by Crippen LogP contribution is 2.39. The summed E-state index contributed by atoms with van der Waals surface area (Å²) in [6, 6.07) is 12.4. The number of ether oxygens (including phenoxy) is 1. The molecular weight excluding hydrogens is 364 g/mol. The fourth-order valence-electron chi connectivity index (χ4n) is 3.25. The van der Waals surface area contributed by atoms with Gasteiger partial charge in [0.05, 0.1) is 18.0 Å². The summed E-state index contributed by atoms with van der Waals surface area (Å²) in [5.74, 6) is 0.506. The van der Waals surface area contributed by atoms with Gasteiger partial charge in [0.25, 0.3) is 5.91 Å². The number of amides is 1. The molecule has 6 nitrogen and oxygen atoms in total. The SMILES string of the molecule is Cc1ccc(C(=O)N[C@H]2CC(C)(C)Oc3ccccc32)cc1NS(C)(=O)=O. The highest BCUT2D eigenvalue weighted by molar-refractivity contribution is 7.92. The van der Waals surface area contributed by atoms with Gasteiger partial charge in [0, 0.05) is 17.5 Å². The van der Waals surface area contributed by atoms with Gasteiger partial charge in [-0.25, -0.2) is 8.42 Å². The summed E-state index contributed by atoms with van der Waals surface area (Å²) in [6.07, 6.45) is 1.72. The average Bonchev–Trinajstić information content (AvgIpc) is 2.54. The van der Waals surface area contributed by atoms with E-state index in [1.165, 1.54) is 0 Å². The molecule has 0 fully saturated rings. The normalized spacial score (nSPS) is 18.1. The van der Waals surface area contributed by atoms with Gasteiger partial charge >= 0.3 is 0 Å². The van der Waals surface area contributed by atoms with E-state index in [9.17, 15) is 13.2 Å². The second kappa shape index (κ2) is 6.88. The quantitative estimate of drug-likeness (QED) is 0.841. The summed E-state index contributed by atoms with van der Waals surface area (Å²) in [6.45, 7) is 5.76. The van der Waals surface area contributed by atoms with Gasteiger partial charge in [-0.05, 0) is 44.5 Å². The minimum atomic E-state index is -3.42. The van der Waals surface area contributed by atoms with Crippen LogP contribution in [0.3, 0.4) is 0 Å². The molecule has 2 N–H and O–H groups in total. The van der Waals surface area contributed by atoms with Crippen molar-refractivity contribution in [3.63, 3.8) is 0 Å². The molecule has 0 aromatic heterocycles. The van der Waals surface area contributed by atoms with Gasteiger partial charge in [0.2, 0.25) is 10.0 Å². The first kappa shape index (κ1) is 19.2. The Morgan fingerprint density at radius 3 is 2.59 bits per heavy atom. The number of benzene rings is 2. The van der Waals surface area contributed by atoms with Crippen LogP contribution in [-0.2, 0) is 10.0 Å². The lowest BCUT2D eigenvalue weighted by atomic mass is 9.89. The van der Waals surface area contributed by atoms with Gasteiger partial charge in [-0.2, -0.15) is 0 Å². The van der Waals surface area contributed by atoms with Gasteiger partial charge in [0.15, 0.2) is 0 Å². The largest absolute Gasteiger partial charge is 0.487 e. The van der Waals surface area contributed by atoms with Crippen molar-refractivity contribution in [3.05, 3.63) is 59.2 Å². The molecule has 0 bridgehead atoms. The van der Waals surface area contributed by atoms with Crippen molar-refractivity contribution in [2.24, 2.45) is 0 Å². The van der Waals surface area contributed by atoms with E-state index in [-0.39, 0.29) is 11.9 Å². The van der Waals surface area contributed by atoms with E-state index >= 15 is 0 Å². The number of hydrogen-bond acceptors (Lipinski definition) is 4. The summed E-state index contributed by atoms with van der Waals surface area (Å²) < 4.78 is 31.5. The standard InChI is InChI=1S/C20H24N2O4S/c1-13-9-10-14(11-16(13)22-27(4,24)25)19(23)21-17-12-20(2,3)26-18-8-6-5-7-15(17)18/h5-11,17,22H,12H2,1-4H3,(H,21,23)/t17-/m0/s1. The van der Waals surface area contributed by atoms with E-state index in [1.807, 2.05) is 38.1 Å². The zero-order chi connectivity index (χ0) is 19.8. The molecule has 144 valence electrons. The van der Waals surface area contributed by atoms with Crippen LogP contribution in [0.15, 0.2) is 42.5 Å². The molecule has 0 saturated heterocycles. The maximum atomic E-state index is 12.8. The molecule has 1 aliphatic heterocycles. The molecule has 1 aliphatic rings. The lowest BCUT2D eigenvalue weighted by molar-refractivity contribution is 0.0619. The number of anilines is 1. The van der Waals surface area contributed by atoms with Crippen LogP contribution < -0.4 is 14.8 Å². The molecule has 0 unspecified atom stereocenters. The third-order valence-corrected chi connectivity index (χ3v) is 5.07. The van der Waals surface area contributed by atoms with Crippen LogP contribution in [0.1, 0.15) is 47.8 Å². The van der Waals surface area contributed by atoms with Crippen molar-refractivity contribution < 1.29 is 17.9 Å². The minimum Gasteiger partial charge on any atom is -0.487 e. The van der Waals surface area contributed by atoms with Crippen molar-refractivity contribution in [2.45, 2.75) is 38.8 Å². The molecule has 0 spiro atoms. The van der Waals surface area contributed by atoms with Gasteiger partial charge < -0.3 is 10.1 Å². The molecule has 3 rings (SSSR count). The van der Waals surface area contributed by atoms with E-state index < -0.39 is 15.6 Å². The highest BCUT2D eigenvalue weighted by Gasteiger charge is 2.34. The number of rotatable bonds is 4. The predicted molar refractivity (Wildman–Crippen MR) is 106 cm³/mol. The molecule has 27 heavy (non-hydrogen) atoms. The third-order valence-electron chi connectivity index (χ3n) is 4.48. The van der Waals surface area contributed by atoms with Crippen molar-refractivity contribution >= 4 is 21.6 Å². The monoisotopic (exact) mass is 388 g/mol. The number of hydrogen-bond donors (Lipinski definition) is 2. The van der Waals surface area contributed by atoms with Crippen LogP contribution in [0.4, 0.5) is 5.69 Å². The van der Waals surface area contributed by atoms with Crippen molar-refractivity contribution in [2.75, 3.05) is 11.0 Å². The van der Waals surface area contributed by atoms with Gasteiger partial charge in [-0.3, -0.25) is 9.52 Å². The zero-order valence-electron chi connectivity index (χ0n) is 15.9. The van der Waals surface area contributed by atoms with Gasteiger partial charge in [0.1, 0.15) is 11.4 Å². The first-order chi connectivity index (χ1) is 12.5. The van der Waals surface area contributed by atoms with Gasteiger partial charge in [-0.1, -0.05) is 24.3 Å². The van der Waals surface area contributed by atoms with Crippen LogP contribution >= 0.6 is 0 Å². The maximum absolute atomic E-state index is 12.8. The fraction of sp³-hybridized carbons (Fsp3) is 0.350. The molecule has 2 aromatic carbocycles.